The first-order valence-electron chi connectivity index (χ1n) is 6.92. The lowest BCUT2D eigenvalue weighted by Gasteiger charge is -2.05. The van der Waals surface area contributed by atoms with Crippen LogP contribution >= 0.6 is 0 Å². The Morgan fingerprint density at radius 3 is 2.65 bits per heavy atom. The van der Waals surface area contributed by atoms with Crippen LogP contribution in [-0.4, -0.2) is 26.1 Å². The maximum atomic E-state index is 11.0. The summed E-state index contributed by atoms with van der Waals surface area (Å²) in [5, 5.41) is 16.7. The second-order valence-electron chi connectivity index (χ2n) is 4.71. The fourth-order valence-electron chi connectivity index (χ4n) is 2.26. The van der Waals surface area contributed by atoms with Gasteiger partial charge in [0, 0.05) is 6.54 Å². The molecular weight excluding hydrogens is 254 g/mol. The molecule has 0 bridgehead atoms. The summed E-state index contributed by atoms with van der Waals surface area (Å²) in [6.07, 6.45) is 3.68. The van der Waals surface area contributed by atoms with E-state index in [0.29, 0.717) is 12.1 Å². The molecule has 0 aliphatic rings. The van der Waals surface area contributed by atoms with E-state index in [1.807, 2.05) is 25.1 Å². The van der Waals surface area contributed by atoms with Crippen LogP contribution in [0.3, 0.4) is 0 Å². The molecule has 0 unspecified atom stereocenters. The highest BCUT2D eigenvalue weighted by Crippen LogP contribution is 2.10. The number of nitrogens with zero attached hydrogens (tertiary/aromatic N) is 3. The van der Waals surface area contributed by atoms with E-state index < -0.39 is 5.97 Å². The highest BCUT2D eigenvalue weighted by atomic mass is 16.4. The van der Waals surface area contributed by atoms with Gasteiger partial charge in [-0.05, 0) is 31.2 Å². The summed E-state index contributed by atoms with van der Waals surface area (Å²) in [7, 11) is 0. The largest absolute Gasteiger partial charge is 0.476 e. The quantitative estimate of drug-likeness (QED) is 0.787. The smallest absolute Gasteiger partial charge is 0.358 e. The van der Waals surface area contributed by atoms with E-state index in [9.17, 15) is 4.79 Å². The van der Waals surface area contributed by atoms with Crippen LogP contribution in [0, 0.1) is 0 Å². The average molecular weight is 273 g/mol. The first-order chi connectivity index (χ1) is 9.72. The number of aromatic carboxylic acids is 1. The molecule has 0 spiro atoms. The van der Waals surface area contributed by atoms with Gasteiger partial charge in [-0.25, -0.2) is 9.48 Å². The standard InChI is InChI=1S/C15H19N3O2/c1-2-13-14(15(19)20)16-17-18(13)11-7-6-10-12-8-4-3-5-9-12/h3-5,8-9H,2,6-7,10-11H2,1H3,(H,19,20). The summed E-state index contributed by atoms with van der Waals surface area (Å²) in [6.45, 7) is 2.64. The lowest BCUT2D eigenvalue weighted by atomic mass is 10.1. The van der Waals surface area contributed by atoms with Crippen LogP contribution in [-0.2, 0) is 19.4 Å². The number of aryl methyl sites for hydroxylation is 2. The number of unbranched alkanes of at least 4 members (excludes halogenated alkanes) is 1. The van der Waals surface area contributed by atoms with E-state index in [2.05, 4.69) is 22.4 Å². The Bertz CT molecular complexity index is 564. The van der Waals surface area contributed by atoms with E-state index in [4.69, 9.17) is 5.11 Å². The molecule has 1 aromatic heterocycles. The van der Waals surface area contributed by atoms with E-state index in [0.717, 1.165) is 25.8 Å². The maximum Gasteiger partial charge on any atom is 0.358 e. The molecular formula is C15H19N3O2. The van der Waals surface area contributed by atoms with Gasteiger partial charge >= 0.3 is 5.97 Å². The molecule has 5 nitrogen and oxygen atoms in total. The molecule has 1 N–H and O–H groups in total. The molecule has 0 aliphatic carbocycles. The summed E-state index contributed by atoms with van der Waals surface area (Å²) in [5.74, 6) is -1.00. The van der Waals surface area contributed by atoms with Gasteiger partial charge in [0.2, 0.25) is 0 Å². The normalized spacial score (nSPS) is 10.7. The monoisotopic (exact) mass is 273 g/mol. The van der Waals surface area contributed by atoms with E-state index >= 15 is 0 Å². The number of carboxylic acids is 1. The van der Waals surface area contributed by atoms with Crippen molar-refractivity contribution in [3.8, 4) is 0 Å². The van der Waals surface area contributed by atoms with Crippen molar-refractivity contribution in [1.29, 1.82) is 0 Å². The van der Waals surface area contributed by atoms with Crippen LogP contribution in [0.1, 0.15) is 41.5 Å². The minimum absolute atomic E-state index is 0.0792. The maximum absolute atomic E-state index is 11.0. The summed E-state index contributed by atoms with van der Waals surface area (Å²) in [4.78, 5) is 11.0. The van der Waals surface area contributed by atoms with Crippen LogP contribution in [0.25, 0.3) is 0 Å². The topological polar surface area (TPSA) is 68.0 Å². The third kappa shape index (κ3) is 3.44. The minimum atomic E-state index is -1.00. The second kappa shape index (κ2) is 6.84. The Balaban J connectivity index is 1.87. The third-order valence-corrected chi connectivity index (χ3v) is 3.30. The number of hydrogen-bond donors (Lipinski definition) is 1. The van der Waals surface area contributed by atoms with Crippen LogP contribution in [0.4, 0.5) is 0 Å². The Labute approximate surface area is 118 Å². The summed E-state index contributed by atoms with van der Waals surface area (Å²) in [6, 6.07) is 10.3. The summed E-state index contributed by atoms with van der Waals surface area (Å²) < 4.78 is 1.72. The zero-order valence-corrected chi connectivity index (χ0v) is 11.6. The van der Waals surface area contributed by atoms with Crippen molar-refractivity contribution in [3.63, 3.8) is 0 Å². The first-order valence-corrected chi connectivity index (χ1v) is 6.92. The van der Waals surface area contributed by atoms with Gasteiger partial charge in [-0.1, -0.05) is 42.5 Å². The highest BCUT2D eigenvalue weighted by Gasteiger charge is 2.16. The van der Waals surface area contributed by atoms with Gasteiger partial charge < -0.3 is 5.11 Å². The van der Waals surface area contributed by atoms with E-state index in [-0.39, 0.29) is 5.69 Å². The molecule has 0 saturated carbocycles. The second-order valence-corrected chi connectivity index (χ2v) is 4.71. The minimum Gasteiger partial charge on any atom is -0.476 e. The van der Waals surface area contributed by atoms with Gasteiger partial charge in [0.25, 0.3) is 0 Å². The van der Waals surface area contributed by atoms with Gasteiger partial charge in [0.05, 0.1) is 5.69 Å². The third-order valence-electron chi connectivity index (χ3n) is 3.30. The zero-order valence-electron chi connectivity index (χ0n) is 11.6. The number of benzene rings is 1. The average Bonchev–Trinajstić information content (AvgIpc) is 2.88. The van der Waals surface area contributed by atoms with Gasteiger partial charge in [0.1, 0.15) is 0 Å². The molecule has 1 aromatic carbocycles. The molecule has 1 heterocycles. The lowest BCUT2D eigenvalue weighted by molar-refractivity contribution is 0.0689. The molecule has 2 aromatic rings. The first kappa shape index (κ1) is 14.2. The highest BCUT2D eigenvalue weighted by molar-refractivity contribution is 5.86. The Morgan fingerprint density at radius 2 is 2.00 bits per heavy atom. The van der Waals surface area contributed by atoms with Crippen molar-refractivity contribution in [1.82, 2.24) is 15.0 Å². The fraction of sp³-hybridized carbons (Fsp3) is 0.400. The van der Waals surface area contributed by atoms with E-state index in [1.54, 1.807) is 4.68 Å². The van der Waals surface area contributed by atoms with Crippen LogP contribution in [0.2, 0.25) is 0 Å². The SMILES string of the molecule is CCc1c(C(=O)O)nnn1CCCCc1ccccc1. The number of rotatable bonds is 7. The molecule has 2 rings (SSSR count). The molecule has 0 amide bonds. The summed E-state index contributed by atoms with van der Waals surface area (Å²) in [5.41, 5.74) is 2.11. The Kier molecular flexibility index (Phi) is 4.87. The van der Waals surface area contributed by atoms with E-state index in [1.165, 1.54) is 5.56 Å². The predicted octanol–water partition coefficient (Wildman–Crippen LogP) is 2.56. The van der Waals surface area contributed by atoms with Gasteiger partial charge in [-0.15, -0.1) is 5.10 Å². The molecule has 20 heavy (non-hydrogen) atoms. The Morgan fingerprint density at radius 1 is 1.25 bits per heavy atom. The zero-order chi connectivity index (χ0) is 14.4. The summed E-state index contributed by atoms with van der Waals surface area (Å²) >= 11 is 0. The molecule has 0 aliphatic heterocycles. The van der Waals surface area contributed by atoms with Crippen molar-refractivity contribution in [3.05, 3.63) is 47.3 Å². The van der Waals surface area contributed by atoms with Crippen molar-refractivity contribution < 1.29 is 9.90 Å². The molecule has 0 saturated heterocycles. The van der Waals surface area contributed by atoms with Gasteiger partial charge in [0.15, 0.2) is 5.69 Å². The van der Waals surface area contributed by atoms with Crippen molar-refractivity contribution in [2.75, 3.05) is 0 Å². The Hall–Kier alpha value is -2.17. The lowest BCUT2D eigenvalue weighted by Crippen LogP contribution is -2.08. The molecule has 0 fully saturated rings. The number of aromatic nitrogens is 3. The van der Waals surface area contributed by atoms with Crippen molar-refractivity contribution in [2.45, 2.75) is 39.2 Å². The predicted molar refractivity (Wildman–Crippen MR) is 75.7 cm³/mol. The van der Waals surface area contributed by atoms with Gasteiger partial charge in [-0.3, -0.25) is 0 Å². The van der Waals surface area contributed by atoms with Crippen molar-refractivity contribution in [2.24, 2.45) is 0 Å². The number of hydrogen-bond acceptors (Lipinski definition) is 3. The molecule has 106 valence electrons. The van der Waals surface area contributed by atoms with Crippen LogP contribution < -0.4 is 0 Å². The van der Waals surface area contributed by atoms with Gasteiger partial charge in [-0.2, -0.15) is 0 Å². The van der Waals surface area contributed by atoms with Crippen LogP contribution in [0.15, 0.2) is 30.3 Å². The molecule has 0 radical (unpaired) electrons. The van der Waals surface area contributed by atoms with Crippen LogP contribution in [0.5, 0.6) is 0 Å². The number of carbonyl (C=O) groups is 1. The number of carboxylic acid groups (broad SMARTS) is 1. The fourth-order valence-corrected chi connectivity index (χ4v) is 2.26. The molecule has 0 atom stereocenters. The molecule has 5 heteroatoms. The van der Waals surface area contributed by atoms with Crippen molar-refractivity contribution >= 4 is 5.97 Å².